The Hall–Kier alpha value is -3.23. The number of amides is 3. The summed E-state index contributed by atoms with van der Waals surface area (Å²) in [6.07, 6.45) is 6.06. The molecule has 1 saturated heterocycles. The zero-order valence-electron chi connectivity index (χ0n) is 15.3. The maximum atomic E-state index is 12.9. The summed E-state index contributed by atoms with van der Waals surface area (Å²) in [5.74, 6) is -1.77. The Bertz CT molecular complexity index is 877. The number of aryl methyl sites for hydroxylation is 1. The molecule has 27 heavy (non-hydrogen) atoms. The fourth-order valence-electron chi connectivity index (χ4n) is 3.35. The van der Waals surface area contributed by atoms with Crippen LogP contribution in [0.2, 0.25) is 0 Å². The molecule has 0 bridgehead atoms. The maximum Gasteiger partial charge on any atom is 0.313 e. The van der Waals surface area contributed by atoms with Gasteiger partial charge in [-0.2, -0.15) is 5.10 Å². The molecule has 0 aliphatic carbocycles. The molecular formula is C18H22N6O3. The van der Waals surface area contributed by atoms with E-state index in [1.807, 2.05) is 13.1 Å². The van der Waals surface area contributed by atoms with Crippen LogP contribution in [-0.4, -0.2) is 43.9 Å². The molecule has 9 nitrogen and oxygen atoms in total. The van der Waals surface area contributed by atoms with Crippen LogP contribution in [0.15, 0.2) is 30.7 Å². The van der Waals surface area contributed by atoms with Gasteiger partial charge in [-0.05, 0) is 30.9 Å². The van der Waals surface area contributed by atoms with E-state index in [2.05, 4.69) is 22.3 Å². The Morgan fingerprint density at radius 1 is 1.26 bits per heavy atom. The second-order valence-electron chi connectivity index (χ2n) is 6.82. The van der Waals surface area contributed by atoms with Crippen LogP contribution in [0.5, 0.6) is 0 Å². The minimum atomic E-state index is -0.778. The molecule has 2 aromatic heterocycles. The number of hydrogen-bond acceptors (Lipinski definition) is 5. The number of nitrogens with one attached hydrogen (secondary N) is 1. The number of anilines is 1. The summed E-state index contributed by atoms with van der Waals surface area (Å²) in [7, 11) is 1.82. The maximum absolute atomic E-state index is 12.9. The monoisotopic (exact) mass is 370 g/mol. The molecule has 1 aliphatic heterocycles. The lowest BCUT2D eigenvalue weighted by molar-refractivity contribution is -0.146. The van der Waals surface area contributed by atoms with Gasteiger partial charge in [-0.1, -0.05) is 6.92 Å². The van der Waals surface area contributed by atoms with Crippen LogP contribution in [0.25, 0.3) is 0 Å². The van der Waals surface area contributed by atoms with Crippen LogP contribution in [-0.2, 0) is 16.6 Å². The molecule has 0 spiro atoms. The smallest absolute Gasteiger partial charge is 0.313 e. The van der Waals surface area contributed by atoms with Gasteiger partial charge >= 0.3 is 11.8 Å². The second-order valence-corrected chi connectivity index (χ2v) is 6.82. The molecule has 1 fully saturated rings. The van der Waals surface area contributed by atoms with E-state index in [4.69, 9.17) is 5.73 Å². The van der Waals surface area contributed by atoms with Gasteiger partial charge in [0.2, 0.25) is 5.91 Å². The van der Waals surface area contributed by atoms with Crippen molar-refractivity contribution >= 4 is 23.4 Å². The Morgan fingerprint density at radius 3 is 2.70 bits per heavy atom. The van der Waals surface area contributed by atoms with Crippen LogP contribution in [0.3, 0.4) is 0 Å². The molecule has 9 heteroatoms. The SMILES string of the molecule is CC1CCC(c2ccnn2C)N(C(=O)C(=O)Nc2cncc(C(N)=O)c2)C1. The summed E-state index contributed by atoms with van der Waals surface area (Å²) in [5, 5.41) is 6.68. The number of primary amides is 1. The number of carbonyl (C=O) groups is 3. The molecule has 142 valence electrons. The first kappa shape index (κ1) is 18.6. The normalized spacial score (nSPS) is 19.6. The van der Waals surface area contributed by atoms with Crippen molar-refractivity contribution in [3.8, 4) is 0 Å². The van der Waals surface area contributed by atoms with Crippen molar-refractivity contribution in [2.24, 2.45) is 18.7 Å². The standard InChI is InChI=1S/C18H22N6O3/c1-11-3-4-15(14-5-6-21-23(14)2)24(10-11)18(27)17(26)22-13-7-12(16(19)25)8-20-9-13/h5-9,11,15H,3-4,10H2,1-2H3,(H2,19,25)(H,22,26). The summed E-state index contributed by atoms with van der Waals surface area (Å²) in [5.41, 5.74) is 6.50. The number of nitrogens with zero attached hydrogens (tertiary/aromatic N) is 4. The second kappa shape index (κ2) is 7.56. The summed E-state index contributed by atoms with van der Waals surface area (Å²) in [4.78, 5) is 42.1. The third-order valence-electron chi connectivity index (χ3n) is 4.75. The zero-order chi connectivity index (χ0) is 19.6. The third kappa shape index (κ3) is 3.97. The quantitative estimate of drug-likeness (QED) is 0.776. The fourth-order valence-corrected chi connectivity index (χ4v) is 3.35. The van der Waals surface area contributed by atoms with Gasteiger partial charge in [0.05, 0.1) is 29.2 Å². The van der Waals surface area contributed by atoms with E-state index in [-0.39, 0.29) is 17.3 Å². The molecule has 3 rings (SSSR count). The highest BCUT2D eigenvalue weighted by Gasteiger charge is 2.35. The Morgan fingerprint density at radius 2 is 2.04 bits per heavy atom. The molecule has 2 unspecified atom stereocenters. The number of carbonyl (C=O) groups excluding carboxylic acids is 3. The van der Waals surface area contributed by atoms with Gasteiger partial charge in [0.25, 0.3) is 0 Å². The fraction of sp³-hybridized carbons (Fsp3) is 0.389. The number of nitrogens with two attached hydrogens (primary N) is 1. The summed E-state index contributed by atoms with van der Waals surface area (Å²) in [6.45, 7) is 2.54. The van der Waals surface area contributed by atoms with Crippen molar-refractivity contribution in [3.05, 3.63) is 42.0 Å². The largest absolute Gasteiger partial charge is 0.366 e. The average molecular weight is 370 g/mol. The summed E-state index contributed by atoms with van der Waals surface area (Å²) in [6, 6.07) is 3.04. The van der Waals surface area contributed by atoms with E-state index in [1.165, 1.54) is 18.5 Å². The predicted molar refractivity (Wildman–Crippen MR) is 97.4 cm³/mol. The van der Waals surface area contributed by atoms with Crippen LogP contribution >= 0.6 is 0 Å². The molecule has 3 amide bonds. The van der Waals surface area contributed by atoms with E-state index >= 15 is 0 Å². The molecule has 0 aromatic carbocycles. The number of likely N-dealkylation sites (tertiary alicyclic amines) is 1. The summed E-state index contributed by atoms with van der Waals surface area (Å²) >= 11 is 0. The molecule has 0 saturated carbocycles. The van der Waals surface area contributed by atoms with E-state index in [1.54, 1.807) is 15.8 Å². The van der Waals surface area contributed by atoms with Crippen LogP contribution in [0.1, 0.15) is 41.9 Å². The first-order valence-corrected chi connectivity index (χ1v) is 8.71. The van der Waals surface area contributed by atoms with E-state index in [0.29, 0.717) is 12.5 Å². The van der Waals surface area contributed by atoms with Crippen molar-refractivity contribution in [1.82, 2.24) is 19.7 Å². The Balaban J connectivity index is 1.79. The molecule has 3 heterocycles. The van der Waals surface area contributed by atoms with Gasteiger partial charge in [0.1, 0.15) is 0 Å². The van der Waals surface area contributed by atoms with Crippen molar-refractivity contribution in [3.63, 3.8) is 0 Å². The topological polar surface area (TPSA) is 123 Å². The lowest BCUT2D eigenvalue weighted by atomic mass is 9.92. The van der Waals surface area contributed by atoms with Gasteiger partial charge in [0.15, 0.2) is 0 Å². The molecule has 1 aliphatic rings. The average Bonchev–Trinajstić information content (AvgIpc) is 3.07. The predicted octanol–water partition coefficient (Wildman–Crippen LogP) is 0.852. The first-order valence-electron chi connectivity index (χ1n) is 8.71. The number of piperidine rings is 1. The van der Waals surface area contributed by atoms with Gasteiger partial charge in [0, 0.05) is 26.0 Å². The number of pyridine rings is 1. The van der Waals surface area contributed by atoms with E-state index in [0.717, 1.165) is 18.5 Å². The number of aromatic nitrogens is 3. The van der Waals surface area contributed by atoms with E-state index in [9.17, 15) is 14.4 Å². The van der Waals surface area contributed by atoms with Crippen molar-refractivity contribution in [1.29, 1.82) is 0 Å². The zero-order valence-corrected chi connectivity index (χ0v) is 15.3. The molecule has 2 atom stereocenters. The van der Waals surface area contributed by atoms with Crippen LogP contribution in [0.4, 0.5) is 5.69 Å². The third-order valence-corrected chi connectivity index (χ3v) is 4.75. The Labute approximate surface area is 156 Å². The minimum absolute atomic E-state index is 0.152. The van der Waals surface area contributed by atoms with Crippen molar-refractivity contribution in [2.75, 3.05) is 11.9 Å². The highest BCUT2D eigenvalue weighted by molar-refractivity contribution is 6.39. The van der Waals surface area contributed by atoms with Gasteiger partial charge in [-0.25, -0.2) is 0 Å². The van der Waals surface area contributed by atoms with Crippen LogP contribution in [0, 0.1) is 5.92 Å². The molecule has 3 N–H and O–H groups in total. The lowest BCUT2D eigenvalue weighted by Gasteiger charge is -2.38. The summed E-state index contributed by atoms with van der Waals surface area (Å²) < 4.78 is 1.72. The highest BCUT2D eigenvalue weighted by Crippen LogP contribution is 2.33. The van der Waals surface area contributed by atoms with Gasteiger partial charge in [-0.3, -0.25) is 24.0 Å². The van der Waals surface area contributed by atoms with Gasteiger partial charge in [-0.15, -0.1) is 0 Å². The Kier molecular flexibility index (Phi) is 5.20. The highest BCUT2D eigenvalue weighted by atomic mass is 16.2. The number of hydrogen-bond donors (Lipinski definition) is 2. The minimum Gasteiger partial charge on any atom is -0.366 e. The molecule has 0 radical (unpaired) electrons. The van der Waals surface area contributed by atoms with Crippen molar-refractivity contribution in [2.45, 2.75) is 25.8 Å². The molecule has 2 aromatic rings. The molecular weight excluding hydrogens is 348 g/mol. The van der Waals surface area contributed by atoms with Gasteiger partial charge < -0.3 is 16.0 Å². The van der Waals surface area contributed by atoms with Crippen LogP contribution < -0.4 is 11.1 Å². The lowest BCUT2D eigenvalue weighted by Crippen LogP contribution is -2.47. The first-order chi connectivity index (χ1) is 12.9. The van der Waals surface area contributed by atoms with E-state index < -0.39 is 17.7 Å². The number of rotatable bonds is 3. The van der Waals surface area contributed by atoms with Crippen molar-refractivity contribution < 1.29 is 14.4 Å².